The van der Waals surface area contributed by atoms with Gasteiger partial charge in [0.25, 0.3) is 0 Å². The lowest BCUT2D eigenvalue weighted by atomic mass is 9.84. The smallest absolute Gasteiger partial charge is 0.134 e. The van der Waals surface area contributed by atoms with E-state index in [0.29, 0.717) is 5.92 Å². The first kappa shape index (κ1) is 13.4. The van der Waals surface area contributed by atoms with Gasteiger partial charge in [0.05, 0.1) is 13.4 Å². The summed E-state index contributed by atoms with van der Waals surface area (Å²) in [7, 11) is 3.89. The lowest BCUT2D eigenvalue weighted by Crippen LogP contribution is -2.30. The molecule has 3 heteroatoms. The van der Waals surface area contributed by atoms with Crippen LogP contribution in [0.5, 0.6) is 5.75 Å². The molecule has 0 N–H and O–H groups in total. The topological polar surface area (TPSA) is 25.6 Å². The second kappa shape index (κ2) is 5.18. The highest BCUT2D eigenvalue weighted by atomic mass is 16.5. The fourth-order valence-corrected chi connectivity index (χ4v) is 3.42. The number of hydrogen-bond donors (Lipinski definition) is 0. The van der Waals surface area contributed by atoms with Crippen molar-refractivity contribution in [3.63, 3.8) is 0 Å². The monoisotopic (exact) mass is 293 g/mol. The van der Waals surface area contributed by atoms with Crippen molar-refractivity contribution in [2.24, 2.45) is 0 Å². The Hall–Kier alpha value is -2.26. The van der Waals surface area contributed by atoms with Crippen molar-refractivity contribution in [1.82, 2.24) is 4.90 Å². The zero-order chi connectivity index (χ0) is 15.1. The largest absolute Gasteiger partial charge is 0.497 e. The molecule has 1 unspecified atom stereocenters. The molecule has 0 bridgehead atoms. The van der Waals surface area contributed by atoms with Crippen LogP contribution in [-0.2, 0) is 6.54 Å². The molecule has 0 aliphatic carbocycles. The molecule has 22 heavy (non-hydrogen) atoms. The average Bonchev–Trinajstić information content (AvgIpc) is 3.00. The van der Waals surface area contributed by atoms with E-state index in [1.54, 1.807) is 13.4 Å². The maximum atomic E-state index is 5.57. The van der Waals surface area contributed by atoms with Gasteiger partial charge in [-0.1, -0.05) is 18.2 Å². The van der Waals surface area contributed by atoms with Gasteiger partial charge < -0.3 is 14.1 Å². The summed E-state index contributed by atoms with van der Waals surface area (Å²) in [6.07, 6.45) is 1.75. The van der Waals surface area contributed by atoms with E-state index in [2.05, 4.69) is 48.3 Å². The van der Waals surface area contributed by atoms with Crippen molar-refractivity contribution < 1.29 is 9.15 Å². The van der Waals surface area contributed by atoms with Gasteiger partial charge in [0, 0.05) is 24.4 Å². The Morgan fingerprint density at radius 3 is 2.91 bits per heavy atom. The average molecular weight is 293 g/mol. The van der Waals surface area contributed by atoms with E-state index in [1.807, 2.05) is 6.07 Å². The molecule has 3 nitrogen and oxygen atoms in total. The van der Waals surface area contributed by atoms with Gasteiger partial charge in [-0.2, -0.15) is 0 Å². The Labute approximate surface area is 130 Å². The summed E-state index contributed by atoms with van der Waals surface area (Å²) in [6.45, 7) is 1.98. The van der Waals surface area contributed by atoms with E-state index in [1.165, 1.54) is 16.7 Å². The normalized spacial score (nSPS) is 18.4. The standard InChI is InChI=1S/C19H19NO2/c1-20-11-15-9-16(21-2)5-6-17(15)18(12-20)14-4-3-13-7-8-22-19(13)10-14/h3-10,18H,11-12H2,1-2H3. The number of hydrogen-bond acceptors (Lipinski definition) is 3. The van der Waals surface area contributed by atoms with Crippen LogP contribution in [0, 0.1) is 0 Å². The van der Waals surface area contributed by atoms with Gasteiger partial charge in [0.1, 0.15) is 11.3 Å². The van der Waals surface area contributed by atoms with Crippen LogP contribution in [0.25, 0.3) is 11.0 Å². The van der Waals surface area contributed by atoms with Crippen molar-refractivity contribution in [1.29, 1.82) is 0 Å². The lowest BCUT2D eigenvalue weighted by molar-refractivity contribution is 0.294. The predicted molar refractivity (Wildman–Crippen MR) is 87.4 cm³/mol. The maximum Gasteiger partial charge on any atom is 0.134 e. The molecule has 1 atom stereocenters. The zero-order valence-corrected chi connectivity index (χ0v) is 12.9. The summed E-state index contributed by atoms with van der Waals surface area (Å²) in [5.74, 6) is 1.29. The van der Waals surface area contributed by atoms with E-state index < -0.39 is 0 Å². The Bertz CT molecular complexity index is 821. The van der Waals surface area contributed by atoms with Gasteiger partial charge in [-0.05, 0) is 48.0 Å². The van der Waals surface area contributed by atoms with Crippen LogP contribution in [0.15, 0.2) is 53.1 Å². The lowest BCUT2D eigenvalue weighted by Gasteiger charge is -2.32. The second-order valence-corrected chi connectivity index (χ2v) is 6.03. The number of benzene rings is 2. The molecule has 2 heterocycles. The molecule has 112 valence electrons. The van der Waals surface area contributed by atoms with Gasteiger partial charge in [-0.25, -0.2) is 0 Å². The first-order valence-electron chi connectivity index (χ1n) is 7.57. The van der Waals surface area contributed by atoms with Crippen LogP contribution in [-0.4, -0.2) is 25.6 Å². The third-order valence-corrected chi connectivity index (χ3v) is 4.54. The Morgan fingerprint density at radius 1 is 1.14 bits per heavy atom. The summed E-state index contributed by atoms with van der Waals surface area (Å²) in [6, 6.07) is 15.0. The molecule has 3 aromatic rings. The minimum absolute atomic E-state index is 0.370. The van der Waals surface area contributed by atoms with Crippen molar-refractivity contribution in [3.8, 4) is 5.75 Å². The molecule has 0 fully saturated rings. The Morgan fingerprint density at radius 2 is 2.05 bits per heavy atom. The molecule has 2 aromatic carbocycles. The van der Waals surface area contributed by atoms with Crippen molar-refractivity contribution in [3.05, 3.63) is 65.4 Å². The summed E-state index contributed by atoms with van der Waals surface area (Å²) in [5, 5.41) is 1.16. The van der Waals surface area contributed by atoms with Crippen LogP contribution < -0.4 is 4.74 Å². The number of likely N-dealkylation sites (N-methyl/N-ethyl adjacent to an activating group) is 1. The fourth-order valence-electron chi connectivity index (χ4n) is 3.42. The van der Waals surface area contributed by atoms with E-state index in [-0.39, 0.29) is 0 Å². The molecular formula is C19H19NO2. The molecule has 1 aliphatic rings. The molecule has 4 rings (SSSR count). The molecule has 1 aromatic heterocycles. The number of ether oxygens (including phenoxy) is 1. The SMILES string of the molecule is COc1ccc2c(c1)CN(C)CC2c1ccc2ccoc2c1. The molecule has 1 aliphatic heterocycles. The molecule has 0 spiro atoms. The Kier molecular flexibility index (Phi) is 3.16. The van der Waals surface area contributed by atoms with Crippen LogP contribution >= 0.6 is 0 Å². The zero-order valence-electron chi connectivity index (χ0n) is 12.9. The Balaban J connectivity index is 1.81. The van der Waals surface area contributed by atoms with Crippen LogP contribution in [0.1, 0.15) is 22.6 Å². The number of nitrogens with zero attached hydrogens (tertiary/aromatic N) is 1. The summed E-state index contributed by atoms with van der Waals surface area (Å²) >= 11 is 0. The van der Waals surface area contributed by atoms with Gasteiger partial charge in [-0.3, -0.25) is 0 Å². The number of fused-ring (bicyclic) bond motifs is 2. The molecule has 0 saturated carbocycles. The number of rotatable bonds is 2. The van der Waals surface area contributed by atoms with E-state index in [9.17, 15) is 0 Å². The third-order valence-electron chi connectivity index (χ3n) is 4.54. The first-order valence-corrected chi connectivity index (χ1v) is 7.57. The molecule has 0 saturated heterocycles. The van der Waals surface area contributed by atoms with Crippen LogP contribution in [0.3, 0.4) is 0 Å². The highest BCUT2D eigenvalue weighted by Crippen LogP contribution is 2.35. The highest BCUT2D eigenvalue weighted by molar-refractivity contribution is 5.78. The third kappa shape index (κ3) is 2.18. The minimum atomic E-state index is 0.370. The maximum absolute atomic E-state index is 5.57. The number of methoxy groups -OCH3 is 1. The second-order valence-electron chi connectivity index (χ2n) is 6.03. The van der Waals surface area contributed by atoms with Crippen molar-refractivity contribution >= 4 is 11.0 Å². The first-order chi connectivity index (χ1) is 10.7. The van der Waals surface area contributed by atoms with Gasteiger partial charge in [-0.15, -0.1) is 0 Å². The molecule has 0 radical (unpaired) electrons. The van der Waals surface area contributed by atoms with Crippen LogP contribution in [0.2, 0.25) is 0 Å². The van der Waals surface area contributed by atoms with E-state index in [4.69, 9.17) is 9.15 Å². The fraction of sp³-hybridized carbons (Fsp3) is 0.263. The van der Waals surface area contributed by atoms with Crippen LogP contribution in [0.4, 0.5) is 0 Å². The van der Waals surface area contributed by atoms with E-state index in [0.717, 1.165) is 29.8 Å². The predicted octanol–water partition coefficient (Wildman–Crippen LogP) is 4.02. The molecular weight excluding hydrogens is 274 g/mol. The van der Waals surface area contributed by atoms with Gasteiger partial charge >= 0.3 is 0 Å². The minimum Gasteiger partial charge on any atom is -0.497 e. The summed E-state index contributed by atoms with van der Waals surface area (Å²) in [4.78, 5) is 2.36. The summed E-state index contributed by atoms with van der Waals surface area (Å²) in [5.41, 5.74) is 5.00. The van der Waals surface area contributed by atoms with Gasteiger partial charge in [0.2, 0.25) is 0 Å². The van der Waals surface area contributed by atoms with Gasteiger partial charge in [0.15, 0.2) is 0 Å². The van der Waals surface area contributed by atoms with E-state index >= 15 is 0 Å². The van der Waals surface area contributed by atoms with Crippen molar-refractivity contribution in [2.75, 3.05) is 20.7 Å². The summed E-state index contributed by atoms with van der Waals surface area (Å²) < 4.78 is 10.9. The quantitative estimate of drug-likeness (QED) is 0.713. The van der Waals surface area contributed by atoms with Crippen molar-refractivity contribution in [2.45, 2.75) is 12.5 Å². The molecule has 0 amide bonds. The highest BCUT2D eigenvalue weighted by Gasteiger charge is 2.25. The number of furan rings is 1.